The minimum atomic E-state index is -0.192. The van der Waals surface area contributed by atoms with Gasteiger partial charge in [-0.1, -0.05) is 31.9 Å². The van der Waals surface area contributed by atoms with Gasteiger partial charge in [0.15, 0.2) is 0 Å². The Balaban J connectivity index is 1.77. The fraction of sp³-hybridized carbons (Fsp3) is 0.520. The minimum absolute atomic E-state index is 0.0534. The van der Waals surface area contributed by atoms with Crippen LogP contribution in [0.15, 0.2) is 29.6 Å². The third-order valence-electron chi connectivity index (χ3n) is 6.12. The number of nitrogens with one attached hydrogen (secondary N) is 1. The van der Waals surface area contributed by atoms with Crippen LogP contribution in [-0.4, -0.2) is 54.5 Å². The van der Waals surface area contributed by atoms with Gasteiger partial charge in [-0.05, 0) is 67.0 Å². The molecule has 1 N–H and O–H groups in total. The maximum Gasteiger partial charge on any atom is 0.317 e. The monoisotopic (exact) mass is 491 g/mol. The summed E-state index contributed by atoms with van der Waals surface area (Å²) in [5, 5.41) is 5.61. The fourth-order valence-corrected chi connectivity index (χ4v) is 5.04. The molecule has 0 saturated heterocycles. The molecule has 3 amide bonds. The van der Waals surface area contributed by atoms with Crippen LogP contribution < -0.4 is 10.1 Å². The summed E-state index contributed by atoms with van der Waals surface area (Å²) in [6.45, 7) is 10.1. The molecular weight excluding hydrogens is 458 g/mol. The van der Waals surface area contributed by atoms with E-state index in [2.05, 4.69) is 30.6 Å². The molecule has 33 heavy (non-hydrogen) atoms. The van der Waals surface area contributed by atoms with E-state index in [-0.39, 0.29) is 24.5 Å². The van der Waals surface area contributed by atoms with Gasteiger partial charge in [-0.15, -0.1) is 11.3 Å². The molecule has 1 aliphatic heterocycles. The summed E-state index contributed by atoms with van der Waals surface area (Å²) in [5.41, 5.74) is 2.08. The van der Waals surface area contributed by atoms with Crippen LogP contribution in [0.5, 0.6) is 5.75 Å². The summed E-state index contributed by atoms with van der Waals surface area (Å²) in [4.78, 5) is 30.9. The molecule has 0 unspecified atom stereocenters. The van der Waals surface area contributed by atoms with Crippen molar-refractivity contribution in [3.05, 3.63) is 50.7 Å². The molecule has 2 aromatic rings. The molecule has 0 fully saturated rings. The fourth-order valence-electron chi connectivity index (χ4n) is 4.00. The van der Waals surface area contributed by atoms with E-state index in [0.29, 0.717) is 37.2 Å². The number of halogens is 1. The van der Waals surface area contributed by atoms with Crippen molar-refractivity contribution >= 4 is 34.9 Å². The number of carbonyl (C=O) groups is 2. The molecular formula is C25H34ClN3O3S. The minimum Gasteiger partial charge on any atom is -0.491 e. The number of urea groups is 1. The van der Waals surface area contributed by atoms with E-state index in [9.17, 15) is 9.59 Å². The molecule has 1 aliphatic rings. The highest BCUT2D eigenvalue weighted by Gasteiger charge is 2.33. The van der Waals surface area contributed by atoms with Gasteiger partial charge in [0, 0.05) is 29.5 Å². The number of carbonyl (C=O) groups excluding carboxylic acids is 2. The number of nitrogens with zero attached hydrogens (tertiary/aromatic N) is 2. The maximum atomic E-state index is 13.5. The van der Waals surface area contributed by atoms with Gasteiger partial charge < -0.3 is 19.9 Å². The van der Waals surface area contributed by atoms with Crippen molar-refractivity contribution < 1.29 is 14.3 Å². The van der Waals surface area contributed by atoms with Crippen LogP contribution in [0.1, 0.15) is 49.2 Å². The Bertz CT molecular complexity index is 964. The van der Waals surface area contributed by atoms with E-state index in [4.69, 9.17) is 16.3 Å². The zero-order valence-electron chi connectivity index (χ0n) is 19.9. The highest BCUT2D eigenvalue weighted by Crippen LogP contribution is 2.34. The van der Waals surface area contributed by atoms with Crippen molar-refractivity contribution in [3.63, 3.8) is 0 Å². The van der Waals surface area contributed by atoms with Crippen LogP contribution in [-0.2, 0) is 11.2 Å². The van der Waals surface area contributed by atoms with E-state index in [1.807, 2.05) is 36.9 Å². The summed E-state index contributed by atoms with van der Waals surface area (Å²) in [6.07, 6.45) is 1.77. The molecule has 180 valence electrons. The zero-order chi connectivity index (χ0) is 24.0. The molecule has 0 spiro atoms. The molecule has 0 saturated carbocycles. The average Bonchev–Trinajstić information content (AvgIpc) is 3.28. The van der Waals surface area contributed by atoms with Gasteiger partial charge in [-0.25, -0.2) is 4.79 Å². The predicted octanol–water partition coefficient (Wildman–Crippen LogP) is 5.29. The number of amides is 3. The molecule has 0 aliphatic carbocycles. The molecule has 0 radical (unpaired) electrons. The van der Waals surface area contributed by atoms with Gasteiger partial charge in [-0.2, -0.15) is 0 Å². The van der Waals surface area contributed by atoms with Crippen molar-refractivity contribution in [3.8, 4) is 5.75 Å². The number of benzene rings is 1. The van der Waals surface area contributed by atoms with E-state index in [0.717, 1.165) is 29.7 Å². The molecule has 2 atom stereocenters. The van der Waals surface area contributed by atoms with Crippen molar-refractivity contribution in [2.45, 2.75) is 46.6 Å². The SMILES string of the molecule is CCNC(=O)N(CC(=O)N1CCc2sccc2[C@H]1COc1ccc(Cl)c(C)c1)C[C@@H](C)CC. The van der Waals surface area contributed by atoms with Gasteiger partial charge in [0.25, 0.3) is 0 Å². The molecule has 1 aromatic carbocycles. The van der Waals surface area contributed by atoms with E-state index < -0.39 is 0 Å². The molecule has 3 rings (SSSR count). The lowest BCUT2D eigenvalue weighted by molar-refractivity contribution is -0.135. The van der Waals surface area contributed by atoms with Crippen molar-refractivity contribution in [1.29, 1.82) is 0 Å². The lowest BCUT2D eigenvalue weighted by Gasteiger charge is -2.37. The third-order valence-corrected chi connectivity index (χ3v) is 7.54. The molecule has 2 heterocycles. The largest absolute Gasteiger partial charge is 0.491 e. The van der Waals surface area contributed by atoms with Gasteiger partial charge in [0.2, 0.25) is 5.91 Å². The number of aryl methyl sites for hydroxylation is 1. The number of ether oxygens (including phenoxy) is 1. The van der Waals surface area contributed by atoms with Crippen LogP contribution in [0.2, 0.25) is 5.02 Å². The number of fused-ring (bicyclic) bond motifs is 1. The lowest BCUT2D eigenvalue weighted by atomic mass is 10.00. The quantitative estimate of drug-likeness (QED) is 0.518. The normalized spacial score (nSPS) is 16.2. The van der Waals surface area contributed by atoms with Crippen molar-refractivity contribution in [2.75, 3.05) is 32.8 Å². The summed E-state index contributed by atoms with van der Waals surface area (Å²) in [7, 11) is 0. The Hall–Kier alpha value is -2.25. The Kier molecular flexibility index (Phi) is 9.03. The van der Waals surface area contributed by atoms with Crippen LogP contribution in [0, 0.1) is 12.8 Å². The zero-order valence-corrected chi connectivity index (χ0v) is 21.5. The van der Waals surface area contributed by atoms with Crippen LogP contribution in [0.25, 0.3) is 0 Å². The maximum absolute atomic E-state index is 13.5. The number of hydrogen-bond donors (Lipinski definition) is 1. The number of rotatable bonds is 9. The predicted molar refractivity (Wildman–Crippen MR) is 134 cm³/mol. The van der Waals surface area contributed by atoms with Gasteiger partial charge in [0.1, 0.15) is 18.9 Å². The second-order valence-corrected chi connectivity index (χ2v) is 10.0. The van der Waals surface area contributed by atoms with Crippen LogP contribution in [0.3, 0.4) is 0 Å². The topological polar surface area (TPSA) is 61.9 Å². The highest BCUT2D eigenvalue weighted by molar-refractivity contribution is 7.10. The van der Waals surface area contributed by atoms with E-state index in [1.165, 1.54) is 4.88 Å². The van der Waals surface area contributed by atoms with E-state index in [1.54, 1.807) is 16.2 Å². The summed E-state index contributed by atoms with van der Waals surface area (Å²) < 4.78 is 6.12. The Morgan fingerprint density at radius 2 is 2.12 bits per heavy atom. The Morgan fingerprint density at radius 3 is 2.82 bits per heavy atom. The summed E-state index contributed by atoms with van der Waals surface area (Å²) >= 11 is 7.87. The summed E-state index contributed by atoms with van der Waals surface area (Å²) in [6, 6.07) is 7.29. The van der Waals surface area contributed by atoms with E-state index >= 15 is 0 Å². The van der Waals surface area contributed by atoms with Gasteiger partial charge in [-0.3, -0.25) is 4.79 Å². The lowest BCUT2D eigenvalue weighted by Crippen LogP contribution is -2.50. The Morgan fingerprint density at radius 1 is 1.33 bits per heavy atom. The van der Waals surface area contributed by atoms with Gasteiger partial charge >= 0.3 is 6.03 Å². The van der Waals surface area contributed by atoms with Crippen molar-refractivity contribution in [2.24, 2.45) is 5.92 Å². The highest BCUT2D eigenvalue weighted by atomic mass is 35.5. The van der Waals surface area contributed by atoms with Crippen molar-refractivity contribution in [1.82, 2.24) is 15.1 Å². The first-order chi connectivity index (χ1) is 15.8. The molecule has 6 nitrogen and oxygen atoms in total. The molecule has 1 aromatic heterocycles. The second kappa shape index (κ2) is 11.7. The Labute approximate surface area is 205 Å². The second-order valence-electron chi connectivity index (χ2n) is 8.60. The van der Waals surface area contributed by atoms with Crippen LogP contribution >= 0.6 is 22.9 Å². The third kappa shape index (κ3) is 6.42. The first-order valence-electron chi connectivity index (χ1n) is 11.6. The molecule has 0 bridgehead atoms. The number of hydrogen-bond acceptors (Lipinski definition) is 4. The first kappa shape index (κ1) is 25.4. The average molecular weight is 492 g/mol. The summed E-state index contributed by atoms with van der Waals surface area (Å²) in [5.74, 6) is 0.993. The standard InChI is InChI=1S/C25H34ClN3O3S/c1-5-17(3)14-28(25(31)27-6-2)15-24(30)29-11-9-23-20(10-12-33-23)22(29)16-32-19-7-8-21(26)18(4)13-19/h7-8,10,12-13,17,22H,5-6,9,11,14-16H2,1-4H3,(H,27,31)/t17-,22+/m0/s1. The smallest absolute Gasteiger partial charge is 0.317 e. The van der Waals surface area contributed by atoms with Gasteiger partial charge in [0.05, 0.1) is 6.04 Å². The first-order valence-corrected chi connectivity index (χ1v) is 12.9. The van der Waals surface area contributed by atoms with Crippen LogP contribution in [0.4, 0.5) is 4.79 Å². The number of thiophene rings is 1. The molecule has 8 heteroatoms.